The molecule has 2 N–H and O–H groups in total. The molecule has 0 bridgehead atoms. The average molecular weight is 261 g/mol. The first-order valence-corrected chi connectivity index (χ1v) is 6.39. The molecular formula is C15H17ClN2. The molecule has 2 nitrogen and oxygen atoms in total. The number of benzene rings is 1. The summed E-state index contributed by atoms with van der Waals surface area (Å²) in [6, 6.07) is 11.7. The lowest BCUT2D eigenvalue weighted by Gasteiger charge is -2.20. The van der Waals surface area contributed by atoms with Crippen LogP contribution in [0.5, 0.6) is 0 Å². The molecule has 1 aromatic carbocycles. The Bertz CT molecular complexity index is 505. The van der Waals surface area contributed by atoms with Crippen LogP contribution in [0.4, 0.5) is 0 Å². The Morgan fingerprint density at radius 3 is 2.61 bits per heavy atom. The molecule has 2 aromatic rings. The van der Waals surface area contributed by atoms with E-state index in [1.807, 2.05) is 37.3 Å². The van der Waals surface area contributed by atoms with Crippen LogP contribution in [-0.4, -0.2) is 4.98 Å². The van der Waals surface area contributed by atoms with Crippen LogP contribution in [0.1, 0.15) is 35.7 Å². The Balaban J connectivity index is 2.28. The van der Waals surface area contributed by atoms with E-state index in [9.17, 15) is 0 Å². The van der Waals surface area contributed by atoms with Gasteiger partial charge in [-0.1, -0.05) is 30.7 Å². The predicted molar refractivity (Wildman–Crippen MR) is 75.8 cm³/mol. The minimum Gasteiger partial charge on any atom is -0.323 e. The van der Waals surface area contributed by atoms with Crippen LogP contribution in [0.2, 0.25) is 5.02 Å². The molecule has 0 aliphatic rings. The molecule has 2 rings (SSSR count). The van der Waals surface area contributed by atoms with Crippen molar-refractivity contribution in [2.75, 3.05) is 0 Å². The summed E-state index contributed by atoms with van der Waals surface area (Å²) >= 11 is 6.07. The Hall–Kier alpha value is -1.38. The summed E-state index contributed by atoms with van der Waals surface area (Å²) in [5.74, 6) is 0.157. The van der Waals surface area contributed by atoms with E-state index in [1.165, 1.54) is 0 Å². The number of aryl methyl sites for hydroxylation is 1. The number of nitrogens with zero attached hydrogens (tertiary/aromatic N) is 1. The van der Waals surface area contributed by atoms with Gasteiger partial charge >= 0.3 is 0 Å². The summed E-state index contributed by atoms with van der Waals surface area (Å²) < 4.78 is 0. The van der Waals surface area contributed by atoms with Crippen molar-refractivity contribution in [2.45, 2.75) is 25.8 Å². The molecular weight excluding hydrogens is 244 g/mol. The molecule has 0 spiro atoms. The van der Waals surface area contributed by atoms with Gasteiger partial charge in [-0.15, -0.1) is 0 Å². The summed E-state index contributed by atoms with van der Waals surface area (Å²) in [6.07, 6.45) is 1.79. The second-order valence-corrected chi connectivity index (χ2v) is 5.07. The first kappa shape index (κ1) is 13.1. The second-order valence-electron chi connectivity index (χ2n) is 4.63. The highest BCUT2D eigenvalue weighted by molar-refractivity contribution is 6.30. The molecule has 0 aliphatic heterocycles. The molecule has 18 heavy (non-hydrogen) atoms. The van der Waals surface area contributed by atoms with E-state index in [0.29, 0.717) is 0 Å². The van der Waals surface area contributed by atoms with Crippen LogP contribution in [0.25, 0.3) is 0 Å². The van der Waals surface area contributed by atoms with Crippen LogP contribution < -0.4 is 5.73 Å². The van der Waals surface area contributed by atoms with Crippen LogP contribution in [0.15, 0.2) is 42.6 Å². The second kappa shape index (κ2) is 5.51. The number of rotatable bonds is 3. The van der Waals surface area contributed by atoms with Gasteiger partial charge in [0.15, 0.2) is 0 Å². The molecule has 0 fully saturated rings. The van der Waals surface area contributed by atoms with Crippen molar-refractivity contribution in [2.24, 2.45) is 5.73 Å². The zero-order chi connectivity index (χ0) is 13.1. The molecule has 1 heterocycles. The third-order valence-corrected chi connectivity index (χ3v) is 3.36. The SMILES string of the molecule is Cc1cc(Cl)cc(C(N)C(C)c2ccccn2)c1. The van der Waals surface area contributed by atoms with Crippen molar-refractivity contribution in [3.63, 3.8) is 0 Å². The summed E-state index contributed by atoms with van der Waals surface area (Å²) in [6.45, 7) is 4.11. The highest BCUT2D eigenvalue weighted by Gasteiger charge is 2.18. The molecule has 2 atom stereocenters. The Morgan fingerprint density at radius 2 is 2.00 bits per heavy atom. The molecule has 1 aromatic heterocycles. The highest BCUT2D eigenvalue weighted by Crippen LogP contribution is 2.29. The first-order chi connectivity index (χ1) is 8.58. The third kappa shape index (κ3) is 2.89. The predicted octanol–water partition coefficient (Wildman–Crippen LogP) is 3.85. The van der Waals surface area contributed by atoms with Crippen LogP contribution in [-0.2, 0) is 0 Å². The van der Waals surface area contributed by atoms with Crippen LogP contribution in [0, 0.1) is 6.92 Å². The topological polar surface area (TPSA) is 38.9 Å². The molecule has 0 saturated heterocycles. The van der Waals surface area contributed by atoms with Gasteiger partial charge in [-0.2, -0.15) is 0 Å². The monoisotopic (exact) mass is 260 g/mol. The zero-order valence-electron chi connectivity index (χ0n) is 10.6. The number of pyridine rings is 1. The summed E-state index contributed by atoms with van der Waals surface area (Å²) in [5.41, 5.74) is 9.49. The van der Waals surface area contributed by atoms with E-state index in [0.717, 1.165) is 21.8 Å². The molecule has 2 unspecified atom stereocenters. The molecule has 0 amide bonds. The lowest BCUT2D eigenvalue weighted by atomic mass is 9.91. The minimum absolute atomic E-state index is 0.0997. The molecule has 0 aliphatic carbocycles. The third-order valence-electron chi connectivity index (χ3n) is 3.14. The Labute approximate surface area is 113 Å². The van der Waals surface area contributed by atoms with E-state index in [-0.39, 0.29) is 12.0 Å². The normalized spacial score (nSPS) is 14.2. The van der Waals surface area contributed by atoms with E-state index in [1.54, 1.807) is 6.20 Å². The van der Waals surface area contributed by atoms with Gasteiger partial charge in [0.05, 0.1) is 0 Å². The summed E-state index contributed by atoms with van der Waals surface area (Å²) in [7, 11) is 0. The lowest BCUT2D eigenvalue weighted by Crippen LogP contribution is -2.18. The standard InChI is InChI=1S/C15H17ClN2/c1-10-7-12(9-13(16)8-10)15(17)11(2)14-5-3-4-6-18-14/h3-9,11,15H,17H2,1-2H3. The van der Waals surface area contributed by atoms with Gasteiger partial charge in [0, 0.05) is 28.9 Å². The van der Waals surface area contributed by atoms with Gasteiger partial charge < -0.3 is 5.73 Å². The van der Waals surface area contributed by atoms with E-state index >= 15 is 0 Å². The zero-order valence-corrected chi connectivity index (χ0v) is 11.4. The van der Waals surface area contributed by atoms with Crippen molar-refractivity contribution in [1.82, 2.24) is 4.98 Å². The fourth-order valence-corrected chi connectivity index (χ4v) is 2.37. The number of hydrogen-bond acceptors (Lipinski definition) is 2. The van der Waals surface area contributed by atoms with Gasteiger partial charge in [-0.05, 0) is 42.3 Å². The maximum atomic E-state index is 6.31. The van der Waals surface area contributed by atoms with Crippen LogP contribution >= 0.6 is 11.6 Å². The van der Waals surface area contributed by atoms with Gasteiger partial charge in [0.1, 0.15) is 0 Å². The average Bonchev–Trinajstić information content (AvgIpc) is 2.37. The largest absolute Gasteiger partial charge is 0.323 e. The van der Waals surface area contributed by atoms with Crippen molar-refractivity contribution in [3.05, 3.63) is 64.4 Å². The smallest absolute Gasteiger partial charge is 0.0450 e. The van der Waals surface area contributed by atoms with Crippen molar-refractivity contribution < 1.29 is 0 Å². The molecule has 94 valence electrons. The van der Waals surface area contributed by atoms with Gasteiger partial charge in [-0.3, -0.25) is 4.98 Å². The van der Waals surface area contributed by atoms with Crippen molar-refractivity contribution in [1.29, 1.82) is 0 Å². The molecule has 0 saturated carbocycles. The summed E-state index contributed by atoms with van der Waals surface area (Å²) in [4.78, 5) is 4.36. The van der Waals surface area contributed by atoms with Gasteiger partial charge in [-0.25, -0.2) is 0 Å². The quantitative estimate of drug-likeness (QED) is 0.911. The maximum Gasteiger partial charge on any atom is 0.0450 e. The van der Waals surface area contributed by atoms with Crippen molar-refractivity contribution in [3.8, 4) is 0 Å². The fourth-order valence-electron chi connectivity index (χ4n) is 2.08. The minimum atomic E-state index is -0.0997. The summed E-state index contributed by atoms with van der Waals surface area (Å²) in [5, 5.41) is 0.730. The highest BCUT2D eigenvalue weighted by atomic mass is 35.5. The molecule has 0 radical (unpaired) electrons. The van der Waals surface area contributed by atoms with Crippen LogP contribution in [0.3, 0.4) is 0 Å². The number of aromatic nitrogens is 1. The van der Waals surface area contributed by atoms with E-state index < -0.39 is 0 Å². The van der Waals surface area contributed by atoms with E-state index in [2.05, 4.69) is 18.0 Å². The Morgan fingerprint density at radius 1 is 1.22 bits per heavy atom. The molecule has 3 heteroatoms. The van der Waals surface area contributed by atoms with Gasteiger partial charge in [0.25, 0.3) is 0 Å². The van der Waals surface area contributed by atoms with Gasteiger partial charge in [0.2, 0.25) is 0 Å². The van der Waals surface area contributed by atoms with E-state index in [4.69, 9.17) is 17.3 Å². The van der Waals surface area contributed by atoms with Crippen molar-refractivity contribution >= 4 is 11.6 Å². The lowest BCUT2D eigenvalue weighted by molar-refractivity contribution is 0.583. The maximum absolute atomic E-state index is 6.31. The Kier molecular flexibility index (Phi) is 4.00. The number of hydrogen-bond donors (Lipinski definition) is 1. The number of nitrogens with two attached hydrogens (primary N) is 1. The number of halogens is 1. The first-order valence-electron chi connectivity index (χ1n) is 6.01. The fraction of sp³-hybridized carbons (Fsp3) is 0.267.